The van der Waals surface area contributed by atoms with Crippen LogP contribution in [-0.4, -0.2) is 31.9 Å². The zero-order valence-corrected chi connectivity index (χ0v) is 11.6. The van der Waals surface area contributed by atoms with Crippen molar-refractivity contribution in [2.24, 2.45) is 11.8 Å². The third kappa shape index (κ3) is 4.33. The van der Waals surface area contributed by atoms with Gasteiger partial charge in [0, 0.05) is 0 Å². The van der Waals surface area contributed by atoms with E-state index in [1.165, 1.54) is 13.5 Å². The average molecular weight is 270 g/mol. The monoisotopic (exact) mass is 270 g/mol. The van der Waals surface area contributed by atoms with Gasteiger partial charge in [-0.3, -0.25) is 9.59 Å². The molecule has 0 aromatic heterocycles. The van der Waals surface area contributed by atoms with Crippen molar-refractivity contribution in [1.82, 2.24) is 0 Å². The van der Waals surface area contributed by atoms with Gasteiger partial charge in [-0.15, -0.1) is 0 Å². The average Bonchev–Trinajstić information content (AvgIpc) is 2.39. The lowest BCUT2D eigenvalue weighted by molar-refractivity contribution is -0.162. The van der Waals surface area contributed by atoms with Gasteiger partial charge >= 0.3 is 11.9 Å². The molecule has 1 aliphatic carbocycles. The fourth-order valence-corrected chi connectivity index (χ4v) is 2.69. The van der Waals surface area contributed by atoms with E-state index in [9.17, 15) is 14.4 Å². The molecule has 0 aromatic carbocycles. The second-order valence-corrected chi connectivity index (χ2v) is 4.96. The zero-order valence-electron chi connectivity index (χ0n) is 11.6. The van der Waals surface area contributed by atoms with Crippen LogP contribution in [0.2, 0.25) is 0 Å². The summed E-state index contributed by atoms with van der Waals surface area (Å²) in [7, 11) is 2.38. The molecule has 0 heterocycles. The smallest absolute Gasteiger partial charge is 0.375 e. The number of methoxy groups -OCH3 is 2. The Bertz CT molecular complexity index is 329. The highest BCUT2D eigenvalue weighted by Crippen LogP contribution is 2.30. The number of ether oxygens (including phenoxy) is 2. The molecule has 19 heavy (non-hydrogen) atoms. The number of carbonyl (C=O) groups is 3. The molecule has 1 rings (SSSR count). The van der Waals surface area contributed by atoms with Gasteiger partial charge in [0.2, 0.25) is 0 Å². The highest BCUT2D eigenvalue weighted by Gasteiger charge is 2.39. The first-order chi connectivity index (χ1) is 9.11. The van der Waals surface area contributed by atoms with E-state index < -0.39 is 23.6 Å². The number of hydrogen-bond acceptors (Lipinski definition) is 5. The normalized spacial score (nSPS) is 18.8. The highest BCUT2D eigenvalue weighted by atomic mass is 16.5. The Morgan fingerprint density at radius 3 is 1.89 bits per heavy atom. The van der Waals surface area contributed by atoms with Crippen molar-refractivity contribution in [3.63, 3.8) is 0 Å². The molecule has 108 valence electrons. The van der Waals surface area contributed by atoms with Crippen LogP contribution in [0, 0.1) is 11.8 Å². The van der Waals surface area contributed by atoms with E-state index in [4.69, 9.17) is 0 Å². The van der Waals surface area contributed by atoms with Gasteiger partial charge in [0.05, 0.1) is 14.2 Å². The first-order valence-corrected chi connectivity index (χ1v) is 6.81. The predicted octanol–water partition coefficient (Wildman–Crippen LogP) is 1.88. The lowest BCUT2D eigenvalue weighted by atomic mass is 9.79. The van der Waals surface area contributed by atoms with Gasteiger partial charge in [-0.25, -0.2) is 4.79 Å². The Balaban J connectivity index is 2.84. The lowest BCUT2D eigenvalue weighted by Gasteiger charge is -2.25. The third-order valence-electron chi connectivity index (χ3n) is 3.75. The summed E-state index contributed by atoms with van der Waals surface area (Å²) >= 11 is 0. The van der Waals surface area contributed by atoms with Gasteiger partial charge in [0.15, 0.2) is 0 Å². The molecule has 0 N–H and O–H groups in total. The third-order valence-corrected chi connectivity index (χ3v) is 3.75. The molecule has 0 amide bonds. The number of carbonyl (C=O) groups excluding carboxylic acids is 3. The molecule has 0 saturated heterocycles. The van der Waals surface area contributed by atoms with Crippen LogP contribution in [0.4, 0.5) is 0 Å². The Kier molecular flexibility index (Phi) is 6.53. The second kappa shape index (κ2) is 7.92. The Morgan fingerprint density at radius 1 is 0.895 bits per heavy atom. The number of ketones is 1. The molecule has 0 aliphatic heterocycles. The summed E-state index contributed by atoms with van der Waals surface area (Å²) in [5, 5.41) is 0. The molecule has 1 unspecified atom stereocenters. The van der Waals surface area contributed by atoms with Crippen LogP contribution >= 0.6 is 0 Å². The van der Waals surface area contributed by atoms with Gasteiger partial charge in [0.25, 0.3) is 5.78 Å². The maximum Gasteiger partial charge on any atom is 0.375 e. The largest absolute Gasteiger partial charge is 0.468 e. The lowest BCUT2D eigenvalue weighted by Crippen LogP contribution is -2.37. The molecule has 0 aromatic rings. The molecule has 5 heteroatoms. The molecule has 5 nitrogen and oxygen atoms in total. The summed E-state index contributed by atoms with van der Waals surface area (Å²) in [6.45, 7) is 0. The Morgan fingerprint density at radius 2 is 1.42 bits per heavy atom. The van der Waals surface area contributed by atoms with E-state index in [2.05, 4.69) is 9.47 Å². The first kappa shape index (κ1) is 15.7. The maximum absolute atomic E-state index is 12.0. The number of Topliss-reactive ketones (excluding diaryl/α,β-unsaturated/α-hetero) is 1. The molecule has 0 bridgehead atoms. The van der Waals surface area contributed by atoms with Crippen molar-refractivity contribution in [3.05, 3.63) is 0 Å². The van der Waals surface area contributed by atoms with E-state index in [0.717, 1.165) is 45.6 Å². The van der Waals surface area contributed by atoms with Crippen LogP contribution < -0.4 is 0 Å². The molecular formula is C14H22O5. The molecule has 1 fully saturated rings. The fraction of sp³-hybridized carbons (Fsp3) is 0.786. The molecule has 0 spiro atoms. The zero-order chi connectivity index (χ0) is 14.3. The fourth-order valence-electron chi connectivity index (χ4n) is 2.69. The first-order valence-electron chi connectivity index (χ1n) is 6.81. The molecule has 1 atom stereocenters. The van der Waals surface area contributed by atoms with Crippen LogP contribution in [0.25, 0.3) is 0 Å². The van der Waals surface area contributed by atoms with Crippen molar-refractivity contribution >= 4 is 17.7 Å². The van der Waals surface area contributed by atoms with Gasteiger partial charge in [0.1, 0.15) is 5.92 Å². The predicted molar refractivity (Wildman–Crippen MR) is 68.3 cm³/mol. The van der Waals surface area contributed by atoms with Crippen molar-refractivity contribution in [2.75, 3.05) is 14.2 Å². The minimum Gasteiger partial charge on any atom is -0.468 e. The summed E-state index contributed by atoms with van der Waals surface area (Å²) in [6.07, 6.45) is 6.93. The molecule has 1 aliphatic rings. The van der Waals surface area contributed by atoms with E-state index >= 15 is 0 Å². The summed E-state index contributed by atoms with van der Waals surface area (Å²) in [4.78, 5) is 35.2. The molecular weight excluding hydrogens is 248 g/mol. The standard InChI is InChI=1S/C14H22O5/c1-18-13(16)11(12(15)14(17)19-2)10-8-6-4-3-5-7-9-10/h10-11H,3-9H2,1-2H3. The van der Waals surface area contributed by atoms with Crippen molar-refractivity contribution in [2.45, 2.75) is 44.9 Å². The maximum atomic E-state index is 12.0. The quantitative estimate of drug-likeness (QED) is 0.443. The Labute approximate surface area is 113 Å². The minimum absolute atomic E-state index is 0.112. The van der Waals surface area contributed by atoms with Gasteiger partial charge in [-0.05, 0) is 18.8 Å². The highest BCUT2D eigenvalue weighted by molar-refractivity contribution is 6.37. The van der Waals surface area contributed by atoms with E-state index in [1.807, 2.05) is 0 Å². The minimum atomic E-state index is -1.00. The van der Waals surface area contributed by atoms with Crippen LogP contribution in [0.3, 0.4) is 0 Å². The summed E-state index contributed by atoms with van der Waals surface area (Å²) in [5.74, 6) is -3.48. The topological polar surface area (TPSA) is 69.7 Å². The van der Waals surface area contributed by atoms with Gasteiger partial charge in [-0.2, -0.15) is 0 Å². The summed E-state index contributed by atoms with van der Waals surface area (Å²) in [6, 6.07) is 0. The SMILES string of the molecule is COC(=O)C(=O)C(C(=O)OC)C1CCCCCCC1. The van der Waals surface area contributed by atoms with Gasteiger partial charge in [-0.1, -0.05) is 32.1 Å². The number of esters is 2. The number of hydrogen-bond donors (Lipinski definition) is 0. The van der Waals surface area contributed by atoms with Crippen molar-refractivity contribution in [3.8, 4) is 0 Å². The van der Waals surface area contributed by atoms with E-state index in [0.29, 0.717) is 0 Å². The van der Waals surface area contributed by atoms with Crippen LogP contribution in [0.1, 0.15) is 44.9 Å². The molecule has 1 saturated carbocycles. The van der Waals surface area contributed by atoms with Crippen LogP contribution in [0.5, 0.6) is 0 Å². The van der Waals surface area contributed by atoms with Crippen molar-refractivity contribution in [1.29, 1.82) is 0 Å². The molecule has 0 radical (unpaired) electrons. The second-order valence-electron chi connectivity index (χ2n) is 4.96. The van der Waals surface area contributed by atoms with Crippen LogP contribution in [0.15, 0.2) is 0 Å². The van der Waals surface area contributed by atoms with E-state index in [1.54, 1.807) is 0 Å². The van der Waals surface area contributed by atoms with Crippen LogP contribution in [-0.2, 0) is 23.9 Å². The Hall–Kier alpha value is -1.39. The summed E-state index contributed by atoms with van der Waals surface area (Å²) in [5.41, 5.74) is 0. The van der Waals surface area contributed by atoms with Gasteiger partial charge < -0.3 is 9.47 Å². The van der Waals surface area contributed by atoms with Crippen molar-refractivity contribution < 1.29 is 23.9 Å². The van der Waals surface area contributed by atoms with E-state index in [-0.39, 0.29) is 5.92 Å². The number of rotatable bonds is 4. The summed E-state index contributed by atoms with van der Waals surface area (Å²) < 4.78 is 9.12.